The van der Waals surface area contributed by atoms with Gasteiger partial charge in [-0.15, -0.1) is 0 Å². The van der Waals surface area contributed by atoms with Gasteiger partial charge in [0.1, 0.15) is 6.10 Å². The fourth-order valence-electron chi connectivity index (χ4n) is 0.897. The molecule has 0 radical (unpaired) electrons. The van der Waals surface area contributed by atoms with E-state index in [0.29, 0.717) is 0 Å². The maximum absolute atomic E-state index is 9.55. The van der Waals surface area contributed by atoms with Crippen molar-refractivity contribution in [2.24, 2.45) is 21.7 Å². The Morgan fingerprint density at radius 3 is 2.21 bits per heavy atom. The van der Waals surface area contributed by atoms with Crippen molar-refractivity contribution < 1.29 is 15.3 Å². The van der Waals surface area contributed by atoms with E-state index in [1.807, 2.05) is 0 Å². The Balaban J connectivity index is 4.67. The van der Waals surface area contributed by atoms with E-state index in [0.717, 1.165) is 0 Å². The van der Waals surface area contributed by atoms with Gasteiger partial charge in [-0.1, -0.05) is 0 Å². The Hall–Kier alpha value is -1.40. The van der Waals surface area contributed by atoms with Gasteiger partial charge in [0.2, 0.25) is 0 Å². The molecule has 0 unspecified atom stereocenters. The van der Waals surface area contributed by atoms with Crippen molar-refractivity contribution in [2.45, 2.75) is 18.6 Å². The highest BCUT2D eigenvalue weighted by Crippen LogP contribution is 1.99. The molecule has 9 N–H and O–H groups in total. The molecule has 0 rings (SSSR count). The molecule has 0 bridgehead atoms. The number of hydrogen-bond donors (Lipinski definition) is 7. The number of hydrogen-bond acceptors (Lipinski definition) is 7. The molecule has 0 saturated carbocycles. The van der Waals surface area contributed by atoms with E-state index in [9.17, 15) is 10.2 Å². The minimum absolute atomic E-state index is 0.0474. The van der Waals surface area contributed by atoms with Crippen LogP contribution in [0.15, 0.2) is 10.2 Å². The number of rotatable bonds is 7. The van der Waals surface area contributed by atoms with Crippen LogP contribution in [0.5, 0.6) is 0 Å². The number of nitrogens with two attached hydrogens (primary N) is 2. The summed E-state index contributed by atoms with van der Waals surface area (Å²) in [4.78, 5) is 0. The SMILES string of the molecule is NC(=S)N/N=C\C(C[C@H](O)[C@H](O)CO)=N/NC(N)=S. The Labute approximate surface area is 120 Å². The van der Waals surface area contributed by atoms with Gasteiger partial charge in [-0.3, -0.25) is 10.9 Å². The molecule has 0 saturated heterocycles. The summed E-state index contributed by atoms with van der Waals surface area (Å²) in [6.07, 6.45) is -1.42. The molecule has 9 nitrogen and oxygen atoms in total. The summed E-state index contributed by atoms with van der Waals surface area (Å²) in [5.41, 5.74) is 15.2. The smallest absolute Gasteiger partial charge is 0.184 e. The molecule has 0 amide bonds. The van der Waals surface area contributed by atoms with E-state index in [1.165, 1.54) is 6.21 Å². The van der Waals surface area contributed by atoms with Gasteiger partial charge in [0, 0.05) is 6.42 Å². The first-order chi connectivity index (χ1) is 8.86. The van der Waals surface area contributed by atoms with Crippen molar-refractivity contribution in [3.63, 3.8) is 0 Å². The fraction of sp³-hybridized carbons (Fsp3) is 0.500. The lowest BCUT2D eigenvalue weighted by Crippen LogP contribution is -2.33. The summed E-state index contributed by atoms with van der Waals surface area (Å²) in [5, 5.41) is 34.7. The van der Waals surface area contributed by atoms with Gasteiger partial charge in [0.15, 0.2) is 10.2 Å². The Morgan fingerprint density at radius 1 is 1.16 bits per heavy atom. The second kappa shape index (κ2) is 9.52. The molecule has 0 aliphatic carbocycles. The van der Waals surface area contributed by atoms with Gasteiger partial charge in [0.05, 0.1) is 24.6 Å². The first kappa shape index (κ1) is 17.6. The first-order valence-electron chi connectivity index (χ1n) is 5.04. The third-order valence-corrected chi connectivity index (χ3v) is 1.93. The molecule has 0 aliphatic rings. The lowest BCUT2D eigenvalue weighted by molar-refractivity contribution is -0.00974. The summed E-state index contributed by atoms with van der Waals surface area (Å²) in [6.45, 7) is -0.584. The number of nitrogens with zero attached hydrogens (tertiary/aromatic N) is 2. The molecule has 2 atom stereocenters. The fourth-order valence-corrected chi connectivity index (χ4v) is 0.995. The summed E-state index contributed by atoms with van der Waals surface area (Å²) in [6, 6.07) is 0. The van der Waals surface area contributed by atoms with Crippen molar-refractivity contribution in [1.29, 1.82) is 0 Å². The van der Waals surface area contributed by atoms with E-state index in [-0.39, 0.29) is 22.4 Å². The molecule has 0 aliphatic heterocycles. The molecular weight excluding hydrogens is 292 g/mol. The second-order valence-corrected chi connectivity index (χ2v) is 4.21. The van der Waals surface area contributed by atoms with Crippen LogP contribution in [0.4, 0.5) is 0 Å². The number of nitrogens with one attached hydrogen (secondary N) is 2. The van der Waals surface area contributed by atoms with E-state index in [2.05, 4.69) is 45.5 Å². The van der Waals surface area contributed by atoms with Gasteiger partial charge >= 0.3 is 0 Å². The highest BCUT2D eigenvalue weighted by molar-refractivity contribution is 7.80. The minimum Gasteiger partial charge on any atom is -0.394 e. The monoisotopic (exact) mass is 308 g/mol. The van der Waals surface area contributed by atoms with Crippen molar-refractivity contribution in [2.75, 3.05) is 6.61 Å². The average Bonchev–Trinajstić information content (AvgIpc) is 2.33. The predicted octanol–water partition coefficient (Wildman–Crippen LogP) is -2.90. The zero-order valence-electron chi connectivity index (χ0n) is 9.85. The molecule has 0 aromatic heterocycles. The van der Waals surface area contributed by atoms with Gasteiger partial charge in [-0.2, -0.15) is 10.2 Å². The van der Waals surface area contributed by atoms with Gasteiger partial charge in [-0.25, -0.2) is 0 Å². The Morgan fingerprint density at radius 2 is 1.74 bits per heavy atom. The maximum Gasteiger partial charge on any atom is 0.184 e. The van der Waals surface area contributed by atoms with Crippen molar-refractivity contribution in [3.8, 4) is 0 Å². The van der Waals surface area contributed by atoms with Crippen LogP contribution in [0.2, 0.25) is 0 Å². The first-order valence-corrected chi connectivity index (χ1v) is 5.86. The van der Waals surface area contributed by atoms with Crippen LogP contribution in [-0.4, -0.2) is 56.3 Å². The predicted molar refractivity (Wildman–Crippen MR) is 79.5 cm³/mol. The minimum atomic E-state index is -1.30. The highest BCUT2D eigenvalue weighted by atomic mass is 32.1. The van der Waals surface area contributed by atoms with Gasteiger partial charge in [0.25, 0.3) is 0 Å². The van der Waals surface area contributed by atoms with Crippen molar-refractivity contribution >= 4 is 46.6 Å². The Bertz CT molecular complexity index is 375. The zero-order chi connectivity index (χ0) is 14.8. The number of thiocarbonyl (C=S) groups is 2. The second-order valence-electron chi connectivity index (χ2n) is 3.33. The largest absolute Gasteiger partial charge is 0.394 e. The molecule has 108 valence electrons. The molecule has 0 spiro atoms. The van der Waals surface area contributed by atoms with Crippen LogP contribution < -0.4 is 22.3 Å². The van der Waals surface area contributed by atoms with E-state index < -0.39 is 18.8 Å². The zero-order valence-corrected chi connectivity index (χ0v) is 11.5. The summed E-state index contributed by atoms with van der Waals surface area (Å²) >= 11 is 9.10. The van der Waals surface area contributed by atoms with Crippen LogP contribution in [0.25, 0.3) is 0 Å². The topological polar surface area (TPSA) is 162 Å². The molecule has 0 aromatic rings. The van der Waals surface area contributed by atoms with Gasteiger partial charge in [-0.05, 0) is 24.4 Å². The van der Waals surface area contributed by atoms with E-state index >= 15 is 0 Å². The summed E-state index contributed by atoms with van der Waals surface area (Å²) in [7, 11) is 0. The quantitative estimate of drug-likeness (QED) is 0.148. The van der Waals surface area contributed by atoms with Crippen LogP contribution >= 0.6 is 24.4 Å². The number of hydrazone groups is 2. The molecule has 0 fully saturated rings. The third-order valence-electron chi connectivity index (χ3n) is 1.75. The standard InChI is InChI=1S/C8H16N6O3S2/c9-7(18)13-11-2-4(12-14-8(10)19)1-5(16)6(17)3-15/h2,5-6,15-17H,1,3H2,(H3,9,13,18)(H3,10,14,19)/b11-2-,12-4-/t5-,6+/m0/s1. The molecule has 0 heterocycles. The Kier molecular flexibility index (Phi) is 8.82. The molecule has 19 heavy (non-hydrogen) atoms. The number of aliphatic hydroxyl groups is 3. The average molecular weight is 308 g/mol. The lowest BCUT2D eigenvalue weighted by Gasteiger charge is -2.15. The number of aliphatic hydroxyl groups excluding tert-OH is 3. The van der Waals surface area contributed by atoms with Crippen molar-refractivity contribution in [3.05, 3.63) is 0 Å². The van der Waals surface area contributed by atoms with Crippen LogP contribution in [-0.2, 0) is 0 Å². The molecular formula is C8H16N6O3S2. The normalized spacial score (nSPS) is 15.0. The van der Waals surface area contributed by atoms with Crippen LogP contribution in [0, 0.1) is 0 Å². The summed E-state index contributed by atoms with van der Waals surface area (Å²) < 4.78 is 0. The van der Waals surface area contributed by atoms with E-state index in [1.54, 1.807) is 0 Å². The third kappa shape index (κ3) is 9.21. The van der Waals surface area contributed by atoms with Crippen LogP contribution in [0.3, 0.4) is 0 Å². The highest BCUT2D eigenvalue weighted by Gasteiger charge is 2.17. The van der Waals surface area contributed by atoms with Gasteiger partial charge < -0.3 is 26.8 Å². The van der Waals surface area contributed by atoms with Crippen molar-refractivity contribution in [1.82, 2.24) is 10.9 Å². The summed E-state index contributed by atoms with van der Waals surface area (Å²) in [5.74, 6) is 0. The lowest BCUT2D eigenvalue weighted by atomic mass is 10.1. The van der Waals surface area contributed by atoms with Crippen LogP contribution in [0.1, 0.15) is 6.42 Å². The maximum atomic E-state index is 9.55. The molecule has 0 aromatic carbocycles. The molecule has 11 heteroatoms. The van der Waals surface area contributed by atoms with E-state index in [4.69, 9.17) is 16.6 Å².